The van der Waals surface area contributed by atoms with Crippen LogP contribution in [0.1, 0.15) is 32.1 Å². The Hall–Kier alpha value is -2.65. The lowest BCUT2D eigenvalue weighted by atomic mass is 9.81. The molecule has 2 atom stereocenters. The second-order valence-corrected chi connectivity index (χ2v) is 6.91. The molecule has 2 aliphatic rings. The lowest BCUT2D eigenvalue weighted by molar-refractivity contribution is -0.154. The van der Waals surface area contributed by atoms with E-state index >= 15 is 0 Å². The second kappa shape index (κ2) is 8.15. The number of carbonyl (C=O) groups is 3. The van der Waals surface area contributed by atoms with E-state index in [2.05, 4.69) is 15.0 Å². The molecule has 1 N–H and O–H groups in total. The Morgan fingerprint density at radius 1 is 1.18 bits per heavy atom. The fourth-order valence-electron chi connectivity index (χ4n) is 3.58. The summed E-state index contributed by atoms with van der Waals surface area (Å²) in [6.07, 6.45) is -0.0583. The molecule has 2 unspecified atom stereocenters. The van der Waals surface area contributed by atoms with Gasteiger partial charge >= 0.3 is 6.18 Å². The highest BCUT2D eigenvalue weighted by Gasteiger charge is 2.47. The summed E-state index contributed by atoms with van der Waals surface area (Å²) in [5.74, 6) is -1.55. The van der Waals surface area contributed by atoms with Crippen LogP contribution in [0.15, 0.2) is 18.3 Å². The molecule has 10 heteroatoms. The Labute approximate surface area is 159 Å². The van der Waals surface area contributed by atoms with Crippen molar-refractivity contribution in [1.82, 2.24) is 9.88 Å². The second-order valence-electron chi connectivity index (χ2n) is 6.91. The number of hydrogen-bond donors (Lipinski definition) is 1. The minimum atomic E-state index is -4.46. The van der Waals surface area contributed by atoms with E-state index in [0.29, 0.717) is 12.8 Å². The van der Waals surface area contributed by atoms with E-state index in [-0.39, 0.29) is 48.2 Å². The van der Waals surface area contributed by atoms with Gasteiger partial charge in [-0.05, 0) is 18.9 Å². The first kappa shape index (κ1) is 20.1. The molecule has 1 saturated carbocycles. The van der Waals surface area contributed by atoms with E-state index < -0.39 is 18.7 Å². The molecule has 1 aromatic heterocycles. The van der Waals surface area contributed by atoms with E-state index in [9.17, 15) is 27.6 Å². The number of nitrogens with zero attached hydrogens (tertiary/aromatic N) is 2. The molecule has 2 fully saturated rings. The zero-order valence-electron chi connectivity index (χ0n) is 15.0. The van der Waals surface area contributed by atoms with Gasteiger partial charge in [-0.25, -0.2) is 4.98 Å². The fourth-order valence-corrected chi connectivity index (χ4v) is 3.58. The number of aromatic nitrogens is 1. The maximum absolute atomic E-state index is 12.4. The Morgan fingerprint density at radius 3 is 2.36 bits per heavy atom. The van der Waals surface area contributed by atoms with E-state index in [4.69, 9.17) is 0 Å². The molecule has 1 aliphatic heterocycles. The molecule has 0 spiro atoms. The average molecular weight is 399 g/mol. The van der Waals surface area contributed by atoms with Crippen molar-refractivity contribution in [2.75, 3.05) is 18.5 Å². The SMILES string of the molecule is O=C(CCN1C(=O)C2CCCCC2C1=O)Nc1ccc(OCC(F)(F)F)nc1. The van der Waals surface area contributed by atoms with Gasteiger partial charge in [-0.1, -0.05) is 12.8 Å². The predicted molar refractivity (Wildman–Crippen MR) is 91.2 cm³/mol. The van der Waals surface area contributed by atoms with Crippen molar-refractivity contribution in [3.05, 3.63) is 18.3 Å². The average Bonchev–Trinajstić information content (AvgIpc) is 2.90. The Bertz CT molecular complexity index is 727. The number of fused-ring (bicyclic) bond motifs is 1. The maximum Gasteiger partial charge on any atom is 0.422 e. The molecular formula is C18H20F3N3O4. The van der Waals surface area contributed by atoms with Gasteiger partial charge in [-0.3, -0.25) is 19.3 Å². The molecule has 1 saturated heterocycles. The van der Waals surface area contributed by atoms with Crippen LogP contribution in [0.4, 0.5) is 18.9 Å². The summed E-state index contributed by atoms with van der Waals surface area (Å²) in [4.78, 5) is 41.7. The monoisotopic (exact) mass is 399 g/mol. The maximum atomic E-state index is 12.4. The predicted octanol–water partition coefficient (Wildman–Crippen LogP) is 2.53. The van der Waals surface area contributed by atoms with Crippen LogP contribution in [0.25, 0.3) is 0 Å². The van der Waals surface area contributed by atoms with Gasteiger partial charge in [-0.15, -0.1) is 0 Å². The smallest absolute Gasteiger partial charge is 0.422 e. The van der Waals surface area contributed by atoms with Crippen LogP contribution in [0.2, 0.25) is 0 Å². The van der Waals surface area contributed by atoms with Crippen molar-refractivity contribution < 1.29 is 32.3 Å². The van der Waals surface area contributed by atoms with Gasteiger partial charge in [0.2, 0.25) is 23.6 Å². The Morgan fingerprint density at radius 2 is 1.82 bits per heavy atom. The normalized spacial score (nSPS) is 22.2. The quantitative estimate of drug-likeness (QED) is 0.743. The highest BCUT2D eigenvalue weighted by Crippen LogP contribution is 2.37. The summed E-state index contributed by atoms with van der Waals surface area (Å²) in [5.41, 5.74) is 0.275. The molecule has 152 valence electrons. The Balaban J connectivity index is 1.48. The van der Waals surface area contributed by atoms with Gasteiger partial charge < -0.3 is 10.1 Å². The van der Waals surface area contributed by atoms with Gasteiger partial charge in [0.25, 0.3) is 0 Å². The highest BCUT2D eigenvalue weighted by atomic mass is 19.4. The first-order valence-corrected chi connectivity index (χ1v) is 9.05. The molecule has 3 amide bonds. The zero-order valence-corrected chi connectivity index (χ0v) is 15.0. The fraction of sp³-hybridized carbons (Fsp3) is 0.556. The van der Waals surface area contributed by atoms with Crippen molar-refractivity contribution in [2.24, 2.45) is 11.8 Å². The number of carbonyl (C=O) groups excluding carboxylic acids is 3. The number of halogens is 3. The van der Waals surface area contributed by atoms with E-state index in [1.807, 2.05) is 0 Å². The highest BCUT2D eigenvalue weighted by molar-refractivity contribution is 6.05. The van der Waals surface area contributed by atoms with Crippen molar-refractivity contribution in [2.45, 2.75) is 38.3 Å². The number of alkyl halides is 3. The minimum absolute atomic E-state index is 0.0106. The van der Waals surface area contributed by atoms with Crippen molar-refractivity contribution in [3.63, 3.8) is 0 Å². The van der Waals surface area contributed by atoms with Crippen molar-refractivity contribution in [3.8, 4) is 5.88 Å². The number of likely N-dealkylation sites (tertiary alicyclic amines) is 1. The van der Waals surface area contributed by atoms with Crippen LogP contribution in [-0.4, -0.2) is 46.9 Å². The van der Waals surface area contributed by atoms with Crippen LogP contribution >= 0.6 is 0 Å². The van der Waals surface area contributed by atoms with Crippen LogP contribution in [-0.2, 0) is 14.4 Å². The molecule has 7 nitrogen and oxygen atoms in total. The number of hydrogen-bond acceptors (Lipinski definition) is 5. The van der Waals surface area contributed by atoms with Gasteiger partial charge in [-0.2, -0.15) is 13.2 Å². The number of anilines is 1. The summed E-state index contributed by atoms with van der Waals surface area (Å²) in [5, 5.41) is 2.53. The van der Waals surface area contributed by atoms with E-state index in [0.717, 1.165) is 12.8 Å². The molecule has 0 bridgehead atoms. The lowest BCUT2D eigenvalue weighted by Gasteiger charge is -2.19. The molecular weight excluding hydrogens is 379 g/mol. The van der Waals surface area contributed by atoms with E-state index in [1.165, 1.54) is 23.2 Å². The van der Waals surface area contributed by atoms with E-state index in [1.54, 1.807) is 0 Å². The number of nitrogens with one attached hydrogen (secondary N) is 1. The standard InChI is InChI=1S/C18H20F3N3O4/c19-18(20,21)10-28-15-6-5-11(9-22-15)23-14(25)7-8-24-16(26)12-3-1-2-4-13(12)17(24)27/h5-6,9,12-13H,1-4,7-8,10H2,(H,23,25). The van der Waals surface area contributed by atoms with Gasteiger partial charge in [0, 0.05) is 19.0 Å². The first-order valence-electron chi connectivity index (χ1n) is 9.05. The van der Waals surface area contributed by atoms with Crippen LogP contribution < -0.4 is 10.1 Å². The number of ether oxygens (including phenoxy) is 1. The molecule has 3 rings (SSSR count). The molecule has 0 radical (unpaired) electrons. The first-order chi connectivity index (χ1) is 13.2. The molecule has 1 aromatic rings. The lowest BCUT2D eigenvalue weighted by Crippen LogP contribution is -2.34. The third kappa shape index (κ3) is 4.79. The zero-order chi connectivity index (χ0) is 20.3. The topological polar surface area (TPSA) is 88.6 Å². The van der Waals surface area contributed by atoms with Gasteiger partial charge in [0.05, 0.1) is 23.7 Å². The van der Waals surface area contributed by atoms with Gasteiger partial charge in [0.15, 0.2) is 6.61 Å². The summed E-state index contributed by atoms with van der Waals surface area (Å²) >= 11 is 0. The van der Waals surface area contributed by atoms with Crippen molar-refractivity contribution in [1.29, 1.82) is 0 Å². The molecule has 2 heterocycles. The van der Waals surface area contributed by atoms with Crippen molar-refractivity contribution >= 4 is 23.4 Å². The van der Waals surface area contributed by atoms with Crippen LogP contribution in [0.3, 0.4) is 0 Å². The molecule has 28 heavy (non-hydrogen) atoms. The third-order valence-corrected chi connectivity index (χ3v) is 4.90. The number of pyridine rings is 1. The van der Waals surface area contributed by atoms with Gasteiger partial charge in [0.1, 0.15) is 0 Å². The summed E-state index contributed by atoms with van der Waals surface area (Å²) < 4.78 is 40.8. The summed E-state index contributed by atoms with van der Waals surface area (Å²) in [7, 11) is 0. The largest absolute Gasteiger partial charge is 0.468 e. The molecule has 1 aliphatic carbocycles. The summed E-state index contributed by atoms with van der Waals surface area (Å²) in [6, 6.07) is 2.57. The Kier molecular flexibility index (Phi) is 5.85. The molecule has 0 aromatic carbocycles. The van der Waals surface area contributed by atoms with Crippen LogP contribution in [0, 0.1) is 11.8 Å². The third-order valence-electron chi connectivity index (χ3n) is 4.90. The summed E-state index contributed by atoms with van der Waals surface area (Å²) in [6.45, 7) is -1.44. The number of amides is 3. The number of rotatable bonds is 6. The minimum Gasteiger partial charge on any atom is -0.468 e. The number of imide groups is 1. The van der Waals surface area contributed by atoms with Crippen LogP contribution in [0.5, 0.6) is 5.88 Å².